The number of carbonyl (C=O) groups is 2. The van der Waals surface area contributed by atoms with Crippen LogP contribution in [-0.4, -0.2) is 51.0 Å². The van der Waals surface area contributed by atoms with Gasteiger partial charge in [-0.1, -0.05) is 0 Å². The zero-order valence-electron chi connectivity index (χ0n) is 15.7. The summed E-state index contributed by atoms with van der Waals surface area (Å²) in [5, 5.41) is 5.69. The van der Waals surface area contributed by atoms with Crippen LogP contribution in [0.1, 0.15) is 31.1 Å². The zero-order valence-corrected chi connectivity index (χ0v) is 15.7. The highest BCUT2D eigenvalue weighted by Gasteiger charge is 2.15. The number of nitrogen functional groups attached to an aromatic ring is 1. The molecule has 0 saturated heterocycles. The van der Waals surface area contributed by atoms with Crippen molar-refractivity contribution in [3.05, 3.63) is 17.7 Å². The maximum absolute atomic E-state index is 11.5. The average molecular weight is 368 g/mol. The van der Waals surface area contributed by atoms with E-state index in [0.29, 0.717) is 43.4 Å². The molecule has 0 atom stereocenters. The molecular weight excluding hydrogens is 340 g/mol. The van der Waals surface area contributed by atoms with Crippen LogP contribution in [0.3, 0.4) is 0 Å². The van der Waals surface area contributed by atoms with E-state index >= 15 is 0 Å². The molecule has 0 aromatic heterocycles. The third kappa shape index (κ3) is 7.47. The molecule has 0 bridgehead atoms. The lowest BCUT2D eigenvalue weighted by Crippen LogP contribution is -2.34. The van der Waals surface area contributed by atoms with E-state index in [-0.39, 0.29) is 5.56 Å². The van der Waals surface area contributed by atoms with Crippen molar-refractivity contribution in [2.75, 3.05) is 44.5 Å². The normalized spacial score (nSPS) is 10.9. The Balaban J connectivity index is 2.34. The summed E-state index contributed by atoms with van der Waals surface area (Å²) >= 11 is 0. The van der Waals surface area contributed by atoms with Crippen molar-refractivity contribution < 1.29 is 23.8 Å². The molecular formula is C17H28N4O5. The molecule has 26 heavy (non-hydrogen) atoms. The standard InChI is InChI=1S/C17H28N4O5/c1-17(2,3)26-16(23)21-6-8-25-7-5-20-14-12(18)9-11(15(19)22)10-13(14)24-4/h9-10,20H,5-8,18H2,1-4H3,(H2,19,22)(H,21,23). The molecule has 0 radical (unpaired) electrons. The molecule has 0 aliphatic rings. The first-order chi connectivity index (χ1) is 12.1. The summed E-state index contributed by atoms with van der Waals surface area (Å²) in [4.78, 5) is 22.7. The van der Waals surface area contributed by atoms with Crippen LogP contribution in [0.15, 0.2) is 12.1 Å². The number of hydrogen-bond donors (Lipinski definition) is 4. The number of benzene rings is 1. The van der Waals surface area contributed by atoms with E-state index in [0.717, 1.165) is 0 Å². The van der Waals surface area contributed by atoms with Crippen molar-refractivity contribution in [3.63, 3.8) is 0 Å². The van der Waals surface area contributed by atoms with Gasteiger partial charge in [-0.3, -0.25) is 4.79 Å². The quantitative estimate of drug-likeness (QED) is 0.381. The highest BCUT2D eigenvalue weighted by molar-refractivity contribution is 5.96. The Kier molecular flexibility index (Phi) is 7.98. The molecule has 6 N–H and O–H groups in total. The van der Waals surface area contributed by atoms with E-state index in [1.54, 1.807) is 20.8 Å². The van der Waals surface area contributed by atoms with Gasteiger partial charge in [-0.15, -0.1) is 0 Å². The van der Waals surface area contributed by atoms with Gasteiger partial charge in [0.05, 0.1) is 26.0 Å². The Morgan fingerprint density at radius 1 is 1.15 bits per heavy atom. The van der Waals surface area contributed by atoms with E-state index in [2.05, 4.69) is 10.6 Å². The summed E-state index contributed by atoms with van der Waals surface area (Å²) in [6.45, 7) is 6.92. The van der Waals surface area contributed by atoms with Crippen molar-refractivity contribution in [2.45, 2.75) is 26.4 Å². The van der Waals surface area contributed by atoms with Gasteiger partial charge in [-0.05, 0) is 32.9 Å². The molecule has 1 aromatic carbocycles. The molecule has 0 heterocycles. The number of alkyl carbamates (subject to hydrolysis) is 1. The van der Waals surface area contributed by atoms with Crippen molar-refractivity contribution in [2.24, 2.45) is 5.73 Å². The minimum absolute atomic E-state index is 0.273. The fraction of sp³-hybridized carbons (Fsp3) is 0.529. The Hall–Kier alpha value is -2.68. The summed E-state index contributed by atoms with van der Waals surface area (Å²) in [7, 11) is 1.48. The largest absolute Gasteiger partial charge is 0.494 e. The van der Waals surface area contributed by atoms with Crippen molar-refractivity contribution in [1.29, 1.82) is 0 Å². The van der Waals surface area contributed by atoms with E-state index in [9.17, 15) is 9.59 Å². The third-order valence-corrected chi connectivity index (χ3v) is 3.10. The predicted octanol–water partition coefficient (Wildman–Crippen LogP) is 1.33. The number of carbonyl (C=O) groups excluding carboxylic acids is 2. The number of nitrogens with one attached hydrogen (secondary N) is 2. The summed E-state index contributed by atoms with van der Waals surface area (Å²) in [6, 6.07) is 3.01. The number of primary amides is 1. The van der Waals surface area contributed by atoms with Crippen LogP contribution < -0.4 is 26.8 Å². The van der Waals surface area contributed by atoms with Crippen molar-refractivity contribution in [3.8, 4) is 5.75 Å². The van der Waals surface area contributed by atoms with Gasteiger partial charge in [0, 0.05) is 18.7 Å². The smallest absolute Gasteiger partial charge is 0.407 e. The lowest BCUT2D eigenvalue weighted by atomic mass is 10.1. The molecule has 1 rings (SSSR count). The Morgan fingerprint density at radius 2 is 1.81 bits per heavy atom. The topological polar surface area (TPSA) is 138 Å². The average Bonchev–Trinajstić information content (AvgIpc) is 2.52. The second kappa shape index (κ2) is 9.71. The maximum Gasteiger partial charge on any atom is 0.407 e. The molecule has 2 amide bonds. The monoisotopic (exact) mass is 368 g/mol. The number of nitrogens with two attached hydrogens (primary N) is 2. The second-order valence-electron chi connectivity index (χ2n) is 6.47. The third-order valence-electron chi connectivity index (χ3n) is 3.10. The minimum atomic E-state index is -0.581. The molecule has 9 nitrogen and oxygen atoms in total. The zero-order chi connectivity index (χ0) is 19.7. The summed E-state index contributed by atoms with van der Waals surface area (Å²) < 4.78 is 15.8. The van der Waals surface area contributed by atoms with Crippen LogP contribution in [0.5, 0.6) is 5.75 Å². The maximum atomic E-state index is 11.5. The fourth-order valence-electron chi connectivity index (χ4n) is 2.02. The van der Waals surface area contributed by atoms with Gasteiger partial charge in [0.25, 0.3) is 0 Å². The molecule has 0 spiro atoms. The minimum Gasteiger partial charge on any atom is -0.494 e. The van der Waals surface area contributed by atoms with Gasteiger partial charge < -0.3 is 36.3 Å². The number of anilines is 2. The first kappa shape index (κ1) is 21.4. The summed E-state index contributed by atoms with van der Waals surface area (Å²) in [6.07, 6.45) is -0.480. The SMILES string of the molecule is COc1cc(C(N)=O)cc(N)c1NCCOCCNC(=O)OC(C)(C)C. The Labute approximate surface area is 153 Å². The van der Waals surface area contributed by atoms with Gasteiger partial charge in [0.1, 0.15) is 17.0 Å². The van der Waals surface area contributed by atoms with Crippen molar-refractivity contribution >= 4 is 23.4 Å². The van der Waals surface area contributed by atoms with Crippen LogP contribution in [0, 0.1) is 0 Å². The van der Waals surface area contributed by atoms with Gasteiger partial charge in [0.15, 0.2) is 0 Å². The van der Waals surface area contributed by atoms with Gasteiger partial charge >= 0.3 is 6.09 Å². The molecule has 0 unspecified atom stereocenters. The highest BCUT2D eigenvalue weighted by Crippen LogP contribution is 2.32. The Bertz CT molecular complexity index is 628. The fourth-order valence-corrected chi connectivity index (χ4v) is 2.02. The van der Waals surface area contributed by atoms with Gasteiger partial charge in [0.2, 0.25) is 5.91 Å². The summed E-state index contributed by atoms with van der Waals surface area (Å²) in [5.74, 6) is -0.159. The first-order valence-electron chi connectivity index (χ1n) is 8.20. The number of rotatable bonds is 9. The van der Waals surface area contributed by atoms with Gasteiger partial charge in [-0.2, -0.15) is 0 Å². The lowest BCUT2D eigenvalue weighted by Gasteiger charge is -2.19. The summed E-state index contributed by atoms with van der Waals surface area (Å²) in [5.41, 5.74) is 11.8. The van der Waals surface area contributed by atoms with Crippen LogP contribution in [0.25, 0.3) is 0 Å². The molecule has 0 aliphatic carbocycles. The predicted molar refractivity (Wildman–Crippen MR) is 99.5 cm³/mol. The molecule has 146 valence electrons. The van der Waals surface area contributed by atoms with Crippen molar-refractivity contribution in [1.82, 2.24) is 5.32 Å². The van der Waals surface area contributed by atoms with Crippen LogP contribution in [-0.2, 0) is 9.47 Å². The van der Waals surface area contributed by atoms with E-state index < -0.39 is 17.6 Å². The highest BCUT2D eigenvalue weighted by atomic mass is 16.6. The number of methoxy groups -OCH3 is 1. The van der Waals surface area contributed by atoms with Crippen LogP contribution in [0.2, 0.25) is 0 Å². The lowest BCUT2D eigenvalue weighted by molar-refractivity contribution is 0.0502. The first-order valence-corrected chi connectivity index (χ1v) is 8.20. The van der Waals surface area contributed by atoms with Gasteiger partial charge in [-0.25, -0.2) is 4.79 Å². The number of ether oxygens (including phenoxy) is 3. The molecule has 0 aliphatic heterocycles. The Morgan fingerprint density at radius 3 is 2.38 bits per heavy atom. The molecule has 1 aromatic rings. The molecule has 0 saturated carbocycles. The second-order valence-corrected chi connectivity index (χ2v) is 6.47. The van der Waals surface area contributed by atoms with Crippen LogP contribution >= 0.6 is 0 Å². The number of hydrogen-bond acceptors (Lipinski definition) is 7. The van der Waals surface area contributed by atoms with Crippen LogP contribution in [0.4, 0.5) is 16.2 Å². The van der Waals surface area contributed by atoms with E-state index in [1.807, 2.05) is 0 Å². The molecule has 0 fully saturated rings. The van der Waals surface area contributed by atoms with E-state index in [1.165, 1.54) is 19.2 Å². The number of amides is 2. The molecule has 9 heteroatoms. The van der Waals surface area contributed by atoms with E-state index in [4.69, 9.17) is 25.7 Å².